The van der Waals surface area contributed by atoms with Crippen molar-refractivity contribution in [3.8, 4) is 17.0 Å². The Morgan fingerprint density at radius 3 is 2.78 bits per heavy atom. The number of carbonyl (C=O) groups is 1. The van der Waals surface area contributed by atoms with Crippen molar-refractivity contribution in [1.82, 2.24) is 9.78 Å². The molecule has 0 unspecified atom stereocenters. The number of nitrogen functional groups attached to an aromatic ring is 1. The summed E-state index contributed by atoms with van der Waals surface area (Å²) in [4.78, 5) is 11.1. The van der Waals surface area contributed by atoms with Crippen molar-refractivity contribution >= 4 is 17.4 Å². The van der Waals surface area contributed by atoms with Crippen LogP contribution in [-0.4, -0.2) is 20.8 Å². The van der Waals surface area contributed by atoms with Crippen molar-refractivity contribution in [2.45, 2.75) is 6.92 Å². The first-order valence-corrected chi connectivity index (χ1v) is 5.38. The van der Waals surface area contributed by atoms with Crippen molar-refractivity contribution in [3.05, 3.63) is 24.3 Å². The molecular formula is C12H14N4O2. The van der Waals surface area contributed by atoms with E-state index in [9.17, 15) is 9.90 Å². The topological polar surface area (TPSA) is 93.2 Å². The van der Waals surface area contributed by atoms with E-state index in [2.05, 4.69) is 10.4 Å². The number of carbonyl (C=O) groups excluding carboxylic acids is 1. The molecule has 18 heavy (non-hydrogen) atoms. The van der Waals surface area contributed by atoms with Gasteiger partial charge in [-0.1, -0.05) is 12.1 Å². The Hall–Kier alpha value is -2.50. The Labute approximate surface area is 104 Å². The lowest BCUT2D eigenvalue weighted by atomic mass is 10.1. The van der Waals surface area contributed by atoms with Crippen LogP contribution in [0.2, 0.25) is 0 Å². The van der Waals surface area contributed by atoms with E-state index in [1.807, 2.05) is 0 Å². The van der Waals surface area contributed by atoms with Crippen LogP contribution < -0.4 is 11.1 Å². The van der Waals surface area contributed by atoms with Gasteiger partial charge in [0.25, 0.3) is 0 Å². The van der Waals surface area contributed by atoms with Crippen LogP contribution in [0.25, 0.3) is 11.3 Å². The minimum Gasteiger partial charge on any atom is -0.506 e. The van der Waals surface area contributed by atoms with Crippen LogP contribution in [0.5, 0.6) is 5.75 Å². The fourth-order valence-corrected chi connectivity index (χ4v) is 1.67. The number of aryl methyl sites for hydroxylation is 1. The first kappa shape index (κ1) is 12.0. The molecule has 1 aromatic heterocycles. The largest absolute Gasteiger partial charge is 0.506 e. The zero-order valence-corrected chi connectivity index (χ0v) is 10.1. The number of hydrogen-bond acceptors (Lipinski definition) is 4. The highest BCUT2D eigenvalue weighted by Crippen LogP contribution is 2.34. The standard InChI is InChI=1S/C12H14N4O2/c1-7(17)14-12-8(4-3-5-10(12)18)9-6-11(13)16(2)15-9/h3-6,18H,13H2,1-2H3,(H,14,17). The molecule has 2 rings (SSSR count). The summed E-state index contributed by atoms with van der Waals surface area (Å²) in [5, 5.41) is 16.6. The highest BCUT2D eigenvalue weighted by atomic mass is 16.3. The predicted molar refractivity (Wildman–Crippen MR) is 69.0 cm³/mol. The molecule has 1 aromatic carbocycles. The van der Waals surface area contributed by atoms with E-state index in [1.54, 1.807) is 25.2 Å². The summed E-state index contributed by atoms with van der Waals surface area (Å²) >= 11 is 0. The normalized spacial score (nSPS) is 10.3. The average molecular weight is 246 g/mol. The summed E-state index contributed by atoms with van der Waals surface area (Å²) in [6.07, 6.45) is 0. The quantitative estimate of drug-likeness (QED) is 0.697. The highest BCUT2D eigenvalue weighted by Gasteiger charge is 2.14. The fourth-order valence-electron chi connectivity index (χ4n) is 1.67. The number of aromatic hydroxyl groups is 1. The van der Waals surface area contributed by atoms with E-state index in [1.165, 1.54) is 17.7 Å². The fraction of sp³-hybridized carbons (Fsp3) is 0.167. The molecule has 0 aliphatic heterocycles. The van der Waals surface area contributed by atoms with Crippen molar-refractivity contribution in [3.63, 3.8) is 0 Å². The van der Waals surface area contributed by atoms with E-state index in [0.29, 0.717) is 22.8 Å². The van der Waals surface area contributed by atoms with Gasteiger partial charge >= 0.3 is 0 Å². The molecule has 1 amide bonds. The molecule has 0 fully saturated rings. The summed E-state index contributed by atoms with van der Waals surface area (Å²) in [6.45, 7) is 1.38. The molecule has 0 radical (unpaired) electrons. The lowest BCUT2D eigenvalue weighted by Gasteiger charge is -2.09. The first-order valence-electron chi connectivity index (χ1n) is 5.38. The number of phenols is 1. The Balaban J connectivity index is 2.56. The molecular weight excluding hydrogens is 232 g/mol. The Kier molecular flexibility index (Phi) is 2.93. The van der Waals surface area contributed by atoms with E-state index < -0.39 is 0 Å². The molecule has 1 heterocycles. The molecule has 6 heteroatoms. The molecule has 0 saturated heterocycles. The average Bonchev–Trinajstić information content (AvgIpc) is 2.61. The third kappa shape index (κ3) is 2.13. The van der Waals surface area contributed by atoms with Crippen molar-refractivity contribution in [2.24, 2.45) is 7.05 Å². The summed E-state index contributed by atoms with van der Waals surface area (Å²) in [6, 6.07) is 6.62. The number of rotatable bonds is 2. The molecule has 0 saturated carbocycles. The molecule has 0 aliphatic rings. The van der Waals surface area contributed by atoms with E-state index >= 15 is 0 Å². The number of nitrogens with one attached hydrogen (secondary N) is 1. The van der Waals surface area contributed by atoms with Crippen LogP contribution in [0.15, 0.2) is 24.3 Å². The SMILES string of the molecule is CC(=O)Nc1c(O)cccc1-c1cc(N)n(C)n1. The number of para-hydroxylation sites is 1. The second-order valence-corrected chi connectivity index (χ2v) is 3.96. The van der Waals surface area contributed by atoms with Crippen molar-refractivity contribution in [1.29, 1.82) is 0 Å². The van der Waals surface area contributed by atoms with Gasteiger partial charge in [0.15, 0.2) is 0 Å². The van der Waals surface area contributed by atoms with Crippen LogP contribution in [0, 0.1) is 0 Å². The minimum atomic E-state index is -0.262. The maximum absolute atomic E-state index is 11.1. The van der Waals surface area contributed by atoms with Gasteiger partial charge in [-0.25, -0.2) is 0 Å². The van der Waals surface area contributed by atoms with E-state index in [-0.39, 0.29) is 11.7 Å². The van der Waals surface area contributed by atoms with Gasteiger partial charge in [-0.05, 0) is 6.07 Å². The van der Waals surface area contributed by atoms with Crippen molar-refractivity contribution < 1.29 is 9.90 Å². The maximum Gasteiger partial charge on any atom is 0.221 e. The maximum atomic E-state index is 11.1. The van der Waals surface area contributed by atoms with Gasteiger partial charge in [0.2, 0.25) is 5.91 Å². The lowest BCUT2D eigenvalue weighted by Crippen LogP contribution is -2.07. The summed E-state index contributed by atoms with van der Waals surface area (Å²) in [5.74, 6) is 0.232. The Morgan fingerprint density at radius 1 is 1.50 bits per heavy atom. The monoisotopic (exact) mass is 246 g/mol. The first-order chi connectivity index (χ1) is 8.49. The number of hydrogen-bond donors (Lipinski definition) is 3. The molecule has 4 N–H and O–H groups in total. The van der Waals surface area contributed by atoms with Gasteiger partial charge in [0, 0.05) is 25.6 Å². The van der Waals surface area contributed by atoms with Crippen LogP contribution >= 0.6 is 0 Å². The van der Waals surface area contributed by atoms with Gasteiger partial charge in [0.05, 0.1) is 11.4 Å². The number of phenolic OH excluding ortho intramolecular Hbond substituents is 1. The Morgan fingerprint density at radius 2 is 2.22 bits per heavy atom. The zero-order chi connectivity index (χ0) is 13.3. The van der Waals surface area contributed by atoms with Crippen LogP contribution in [0.1, 0.15) is 6.92 Å². The number of amides is 1. The van der Waals surface area contributed by atoms with E-state index in [0.717, 1.165) is 0 Å². The van der Waals surface area contributed by atoms with Gasteiger partial charge in [-0.3, -0.25) is 9.48 Å². The third-order valence-electron chi connectivity index (χ3n) is 2.54. The molecule has 2 aromatic rings. The van der Waals surface area contributed by atoms with Crippen LogP contribution in [0.3, 0.4) is 0 Å². The van der Waals surface area contributed by atoms with Crippen LogP contribution in [-0.2, 0) is 11.8 Å². The number of nitrogens with zero attached hydrogens (tertiary/aromatic N) is 2. The molecule has 0 spiro atoms. The smallest absolute Gasteiger partial charge is 0.221 e. The molecule has 0 bridgehead atoms. The third-order valence-corrected chi connectivity index (χ3v) is 2.54. The number of benzene rings is 1. The zero-order valence-electron chi connectivity index (χ0n) is 10.1. The van der Waals surface area contributed by atoms with Gasteiger partial charge in [-0.2, -0.15) is 5.10 Å². The molecule has 0 atom stereocenters. The second-order valence-electron chi connectivity index (χ2n) is 3.96. The molecule has 6 nitrogen and oxygen atoms in total. The van der Waals surface area contributed by atoms with Gasteiger partial charge in [-0.15, -0.1) is 0 Å². The van der Waals surface area contributed by atoms with Crippen molar-refractivity contribution in [2.75, 3.05) is 11.1 Å². The summed E-state index contributed by atoms with van der Waals surface area (Å²) < 4.78 is 1.52. The molecule has 0 aliphatic carbocycles. The number of anilines is 2. The molecule has 94 valence electrons. The predicted octanol–water partition coefficient (Wildman–Crippen LogP) is 1.33. The lowest BCUT2D eigenvalue weighted by molar-refractivity contribution is -0.114. The minimum absolute atomic E-state index is 0.00748. The number of aromatic nitrogens is 2. The van der Waals surface area contributed by atoms with E-state index in [4.69, 9.17) is 5.73 Å². The number of nitrogens with two attached hydrogens (primary N) is 1. The Bertz CT molecular complexity index is 585. The summed E-state index contributed by atoms with van der Waals surface area (Å²) in [5.41, 5.74) is 7.27. The van der Waals surface area contributed by atoms with Gasteiger partial charge < -0.3 is 16.2 Å². The highest BCUT2D eigenvalue weighted by molar-refractivity contribution is 5.96. The second kappa shape index (κ2) is 4.40. The summed E-state index contributed by atoms with van der Waals surface area (Å²) in [7, 11) is 1.72. The van der Waals surface area contributed by atoms with Crippen LogP contribution in [0.4, 0.5) is 11.5 Å². The van der Waals surface area contributed by atoms with Gasteiger partial charge in [0.1, 0.15) is 11.6 Å².